The smallest absolute Gasteiger partial charge is 0.0351 e. The van der Waals surface area contributed by atoms with Crippen molar-refractivity contribution in [3.63, 3.8) is 0 Å². The molecule has 1 unspecified atom stereocenters. The molecular formula is C16H21NS2. The Balaban J connectivity index is 1.57. The summed E-state index contributed by atoms with van der Waals surface area (Å²) in [6.45, 7) is 5.79. The minimum atomic E-state index is 0.537. The predicted octanol–water partition coefficient (Wildman–Crippen LogP) is 5.14. The van der Waals surface area contributed by atoms with E-state index in [2.05, 4.69) is 48.1 Å². The first-order valence-electron chi connectivity index (χ1n) is 6.97. The third-order valence-electron chi connectivity index (χ3n) is 3.99. The molecule has 1 fully saturated rings. The summed E-state index contributed by atoms with van der Waals surface area (Å²) in [4.78, 5) is 2.83. The molecule has 1 saturated carbocycles. The van der Waals surface area contributed by atoms with Crippen molar-refractivity contribution in [1.29, 1.82) is 0 Å². The molecule has 0 amide bonds. The molecular weight excluding hydrogens is 270 g/mol. The van der Waals surface area contributed by atoms with Gasteiger partial charge in [0.2, 0.25) is 0 Å². The molecule has 0 spiro atoms. The van der Waals surface area contributed by atoms with Gasteiger partial charge in [-0.2, -0.15) is 0 Å². The number of rotatable bonds is 4. The molecule has 0 aliphatic heterocycles. The van der Waals surface area contributed by atoms with Gasteiger partial charge in [0, 0.05) is 27.9 Å². The van der Waals surface area contributed by atoms with E-state index in [0.29, 0.717) is 11.5 Å². The van der Waals surface area contributed by atoms with Crippen LogP contribution in [0.3, 0.4) is 0 Å². The molecule has 3 heteroatoms. The maximum absolute atomic E-state index is 3.73. The zero-order valence-electron chi connectivity index (χ0n) is 11.6. The lowest BCUT2D eigenvalue weighted by Gasteiger charge is -2.17. The molecule has 2 aromatic rings. The highest BCUT2D eigenvalue weighted by Crippen LogP contribution is 2.37. The van der Waals surface area contributed by atoms with Gasteiger partial charge in [-0.25, -0.2) is 0 Å². The summed E-state index contributed by atoms with van der Waals surface area (Å²) < 4.78 is 0. The van der Waals surface area contributed by atoms with E-state index in [9.17, 15) is 0 Å². The van der Waals surface area contributed by atoms with Crippen LogP contribution in [0.1, 0.15) is 38.0 Å². The first-order valence-corrected chi connectivity index (χ1v) is 8.73. The lowest BCUT2D eigenvalue weighted by Crippen LogP contribution is -2.26. The lowest BCUT2D eigenvalue weighted by molar-refractivity contribution is 0.364. The minimum Gasteiger partial charge on any atom is -0.309 e. The Hall–Kier alpha value is -0.640. The van der Waals surface area contributed by atoms with Gasteiger partial charge < -0.3 is 5.32 Å². The van der Waals surface area contributed by atoms with Gasteiger partial charge in [0.25, 0.3) is 0 Å². The van der Waals surface area contributed by atoms with E-state index in [1.54, 1.807) is 0 Å². The average Bonchev–Trinajstić information content (AvgIpc) is 3.04. The maximum atomic E-state index is 3.73. The van der Waals surface area contributed by atoms with Gasteiger partial charge in [-0.1, -0.05) is 19.9 Å². The van der Waals surface area contributed by atoms with Crippen molar-refractivity contribution in [2.75, 3.05) is 0 Å². The summed E-state index contributed by atoms with van der Waals surface area (Å²) >= 11 is 3.69. The Bertz CT molecular complexity index is 525. The van der Waals surface area contributed by atoms with Crippen molar-refractivity contribution in [2.24, 2.45) is 5.41 Å². The third-order valence-corrected chi connectivity index (χ3v) is 5.85. The van der Waals surface area contributed by atoms with Crippen molar-refractivity contribution >= 4 is 22.7 Å². The van der Waals surface area contributed by atoms with Crippen LogP contribution < -0.4 is 5.32 Å². The fourth-order valence-corrected chi connectivity index (χ4v) is 4.53. The van der Waals surface area contributed by atoms with Crippen molar-refractivity contribution in [3.8, 4) is 10.4 Å². The zero-order valence-corrected chi connectivity index (χ0v) is 13.2. The van der Waals surface area contributed by atoms with Gasteiger partial charge in [-0.3, -0.25) is 0 Å². The van der Waals surface area contributed by atoms with Gasteiger partial charge in [-0.05, 0) is 47.6 Å². The van der Waals surface area contributed by atoms with E-state index in [0.717, 1.165) is 6.54 Å². The first-order chi connectivity index (χ1) is 9.12. The van der Waals surface area contributed by atoms with Crippen LogP contribution in [-0.2, 0) is 6.54 Å². The van der Waals surface area contributed by atoms with Crippen LogP contribution in [-0.4, -0.2) is 6.04 Å². The summed E-state index contributed by atoms with van der Waals surface area (Å²) in [7, 11) is 0. The normalized spacial score (nSPS) is 21.9. The second-order valence-corrected chi connectivity index (χ2v) is 8.21. The molecule has 3 rings (SSSR count). The van der Waals surface area contributed by atoms with Crippen LogP contribution in [0.4, 0.5) is 0 Å². The van der Waals surface area contributed by atoms with Gasteiger partial charge in [0.1, 0.15) is 0 Å². The Morgan fingerprint density at radius 3 is 2.95 bits per heavy atom. The monoisotopic (exact) mass is 291 g/mol. The van der Waals surface area contributed by atoms with Crippen LogP contribution in [0.15, 0.2) is 29.0 Å². The minimum absolute atomic E-state index is 0.537. The third kappa shape index (κ3) is 3.28. The van der Waals surface area contributed by atoms with Crippen LogP contribution in [0.25, 0.3) is 10.4 Å². The number of hydrogen-bond acceptors (Lipinski definition) is 3. The molecule has 0 saturated heterocycles. The second kappa shape index (κ2) is 5.39. The molecule has 2 aromatic heterocycles. The van der Waals surface area contributed by atoms with Crippen LogP contribution in [0.5, 0.6) is 0 Å². The molecule has 2 heterocycles. The van der Waals surface area contributed by atoms with Crippen molar-refractivity contribution in [2.45, 2.75) is 45.7 Å². The van der Waals surface area contributed by atoms with E-state index < -0.39 is 0 Å². The molecule has 1 aliphatic rings. The fraction of sp³-hybridized carbons (Fsp3) is 0.500. The summed E-state index contributed by atoms with van der Waals surface area (Å²) in [5.41, 5.74) is 1.92. The van der Waals surface area contributed by atoms with Gasteiger partial charge in [0.15, 0.2) is 0 Å². The highest BCUT2D eigenvalue weighted by Gasteiger charge is 2.30. The number of nitrogens with one attached hydrogen (secondary N) is 1. The summed E-state index contributed by atoms with van der Waals surface area (Å²) in [6, 6.07) is 7.37. The second-order valence-electron chi connectivity index (χ2n) is 6.26. The molecule has 1 aliphatic carbocycles. The molecule has 0 aromatic carbocycles. The van der Waals surface area contributed by atoms with E-state index in [-0.39, 0.29) is 0 Å². The van der Waals surface area contributed by atoms with Crippen molar-refractivity contribution in [1.82, 2.24) is 5.32 Å². The molecule has 1 atom stereocenters. The standard InChI is InChI=1S/C16H21NS2/c1-16(2)6-5-13(9-16)17-10-14-8-12(11-19-14)15-4-3-7-18-15/h3-4,7-8,11,13,17H,5-6,9-10H2,1-2H3. The lowest BCUT2D eigenvalue weighted by atomic mass is 9.92. The fourth-order valence-electron chi connectivity index (χ4n) is 2.90. The molecule has 0 bridgehead atoms. The summed E-state index contributed by atoms with van der Waals surface area (Å²) in [6.07, 6.45) is 4.00. The summed E-state index contributed by atoms with van der Waals surface area (Å²) in [5.74, 6) is 0. The molecule has 102 valence electrons. The van der Waals surface area contributed by atoms with E-state index in [1.807, 2.05) is 22.7 Å². The van der Waals surface area contributed by atoms with E-state index >= 15 is 0 Å². The highest BCUT2D eigenvalue weighted by molar-refractivity contribution is 7.14. The van der Waals surface area contributed by atoms with E-state index in [1.165, 1.54) is 34.6 Å². The van der Waals surface area contributed by atoms with Crippen LogP contribution in [0, 0.1) is 5.41 Å². The summed E-state index contributed by atoms with van der Waals surface area (Å²) in [5, 5.41) is 8.15. The van der Waals surface area contributed by atoms with Crippen LogP contribution in [0.2, 0.25) is 0 Å². The quantitative estimate of drug-likeness (QED) is 0.822. The first kappa shape index (κ1) is 13.3. The van der Waals surface area contributed by atoms with Gasteiger partial charge in [-0.15, -0.1) is 22.7 Å². The maximum Gasteiger partial charge on any atom is 0.0351 e. The molecule has 0 radical (unpaired) electrons. The van der Waals surface area contributed by atoms with Crippen molar-refractivity contribution < 1.29 is 0 Å². The Labute approximate surface area is 123 Å². The Morgan fingerprint density at radius 1 is 1.37 bits per heavy atom. The Morgan fingerprint density at radius 2 is 2.26 bits per heavy atom. The zero-order chi connectivity index (χ0) is 13.3. The molecule has 1 nitrogen and oxygen atoms in total. The number of thiophene rings is 2. The molecule has 1 N–H and O–H groups in total. The average molecular weight is 291 g/mol. The largest absolute Gasteiger partial charge is 0.309 e. The predicted molar refractivity (Wildman–Crippen MR) is 85.9 cm³/mol. The van der Waals surface area contributed by atoms with Crippen LogP contribution >= 0.6 is 22.7 Å². The SMILES string of the molecule is CC1(C)CCC(NCc2cc(-c3cccs3)cs2)C1. The highest BCUT2D eigenvalue weighted by atomic mass is 32.1. The number of hydrogen-bond donors (Lipinski definition) is 1. The van der Waals surface area contributed by atoms with E-state index in [4.69, 9.17) is 0 Å². The molecule has 19 heavy (non-hydrogen) atoms. The van der Waals surface area contributed by atoms with Crippen molar-refractivity contribution in [3.05, 3.63) is 33.8 Å². The topological polar surface area (TPSA) is 12.0 Å². The van der Waals surface area contributed by atoms with Gasteiger partial charge in [0.05, 0.1) is 0 Å². The Kier molecular flexibility index (Phi) is 3.79. The van der Waals surface area contributed by atoms with Gasteiger partial charge >= 0.3 is 0 Å².